The van der Waals surface area contributed by atoms with Crippen LogP contribution in [0.2, 0.25) is 0 Å². The topological polar surface area (TPSA) is 68.4 Å². The molecule has 0 fully saturated rings. The Balaban J connectivity index is 2.45. The third-order valence-corrected chi connectivity index (χ3v) is 3.42. The van der Waals surface area contributed by atoms with Crippen LogP contribution >= 0.6 is 0 Å². The van der Waals surface area contributed by atoms with Crippen molar-refractivity contribution in [3.05, 3.63) is 46.8 Å². The molecule has 0 radical (unpaired) electrons. The molecule has 0 saturated heterocycles. The van der Waals surface area contributed by atoms with Gasteiger partial charge in [0.25, 0.3) is 0 Å². The van der Waals surface area contributed by atoms with Crippen molar-refractivity contribution >= 4 is 11.9 Å². The lowest BCUT2D eigenvalue weighted by molar-refractivity contribution is 0.0588. The summed E-state index contributed by atoms with van der Waals surface area (Å²) in [5, 5.41) is 0. The highest BCUT2D eigenvalue weighted by Crippen LogP contribution is 2.30. The quantitative estimate of drug-likeness (QED) is 0.881. The van der Waals surface area contributed by atoms with Crippen LogP contribution in [0, 0.1) is 13.8 Å². The van der Waals surface area contributed by atoms with Gasteiger partial charge in [0.1, 0.15) is 5.69 Å². The molecule has 0 unspecified atom stereocenters. The van der Waals surface area contributed by atoms with Crippen molar-refractivity contribution in [1.29, 1.82) is 0 Å². The van der Waals surface area contributed by atoms with E-state index in [9.17, 15) is 9.59 Å². The van der Waals surface area contributed by atoms with Gasteiger partial charge in [-0.05, 0) is 37.1 Å². The highest BCUT2D eigenvalue weighted by atomic mass is 16.5. The maximum atomic E-state index is 11.7. The summed E-state index contributed by atoms with van der Waals surface area (Å²) >= 11 is 0. The fourth-order valence-electron chi connectivity index (χ4n) is 2.38. The van der Waals surface area contributed by atoms with Crippen molar-refractivity contribution < 1.29 is 19.1 Å². The predicted molar refractivity (Wildman–Crippen MR) is 78.4 cm³/mol. The van der Waals surface area contributed by atoms with E-state index < -0.39 is 5.97 Å². The Bertz CT molecular complexity index is 683. The second kappa shape index (κ2) is 5.83. The summed E-state index contributed by atoms with van der Waals surface area (Å²) < 4.78 is 9.43. The Labute approximate surface area is 122 Å². The molecule has 21 heavy (non-hydrogen) atoms. The number of carbonyl (C=O) groups excluding carboxylic acids is 2. The lowest BCUT2D eigenvalue weighted by Crippen LogP contribution is -2.03. The van der Waals surface area contributed by atoms with E-state index in [0.717, 1.165) is 22.4 Å². The van der Waals surface area contributed by atoms with Gasteiger partial charge in [-0.15, -0.1) is 0 Å². The minimum atomic E-state index is -0.395. The number of ether oxygens (including phenoxy) is 2. The van der Waals surface area contributed by atoms with E-state index in [4.69, 9.17) is 4.74 Å². The van der Waals surface area contributed by atoms with Gasteiger partial charge in [-0.2, -0.15) is 0 Å². The Hall–Kier alpha value is -2.56. The summed E-state index contributed by atoms with van der Waals surface area (Å²) in [7, 11) is 2.70. The Morgan fingerprint density at radius 1 is 0.952 bits per heavy atom. The van der Waals surface area contributed by atoms with Crippen LogP contribution in [-0.2, 0) is 9.47 Å². The van der Waals surface area contributed by atoms with Crippen LogP contribution < -0.4 is 0 Å². The number of benzene rings is 1. The van der Waals surface area contributed by atoms with E-state index in [1.807, 2.05) is 26.0 Å². The number of aromatic amines is 1. The minimum Gasteiger partial charge on any atom is -0.465 e. The van der Waals surface area contributed by atoms with Crippen LogP contribution in [0.4, 0.5) is 0 Å². The molecule has 110 valence electrons. The molecule has 0 atom stereocenters. The Morgan fingerprint density at radius 3 is 2.05 bits per heavy atom. The number of aryl methyl sites for hydroxylation is 1. The molecular weight excluding hydrogens is 270 g/mol. The third kappa shape index (κ3) is 2.67. The third-order valence-electron chi connectivity index (χ3n) is 3.42. The van der Waals surface area contributed by atoms with Gasteiger partial charge in [-0.25, -0.2) is 9.59 Å². The van der Waals surface area contributed by atoms with Crippen molar-refractivity contribution in [2.24, 2.45) is 0 Å². The van der Waals surface area contributed by atoms with Crippen LogP contribution in [0.5, 0.6) is 0 Å². The first-order valence-electron chi connectivity index (χ1n) is 6.45. The van der Waals surface area contributed by atoms with E-state index in [-0.39, 0.29) is 5.97 Å². The fraction of sp³-hybridized carbons (Fsp3) is 0.250. The summed E-state index contributed by atoms with van der Waals surface area (Å²) in [5.74, 6) is -0.771. The molecule has 1 heterocycles. The van der Waals surface area contributed by atoms with E-state index in [2.05, 4.69) is 9.72 Å². The van der Waals surface area contributed by atoms with Gasteiger partial charge in [0.05, 0.1) is 19.8 Å². The first-order chi connectivity index (χ1) is 9.99. The molecule has 5 heteroatoms. The van der Waals surface area contributed by atoms with Crippen LogP contribution in [0.3, 0.4) is 0 Å². The molecule has 1 aromatic heterocycles. The number of hydrogen-bond donors (Lipinski definition) is 1. The first kappa shape index (κ1) is 14.8. The fourth-order valence-corrected chi connectivity index (χ4v) is 2.38. The standard InChI is InChI=1S/C16H17NO4/c1-9-13(10(2)17-14(9)16(19)21-4)11-5-7-12(8-6-11)15(18)20-3/h5-8,17H,1-4H3. The van der Waals surface area contributed by atoms with Crippen LogP contribution in [0.1, 0.15) is 32.1 Å². The maximum Gasteiger partial charge on any atom is 0.354 e. The molecule has 0 aliphatic rings. The van der Waals surface area contributed by atoms with Crippen molar-refractivity contribution in [3.63, 3.8) is 0 Å². The van der Waals surface area contributed by atoms with Gasteiger partial charge in [-0.1, -0.05) is 12.1 Å². The highest BCUT2D eigenvalue weighted by Gasteiger charge is 2.19. The van der Waals surface area contributed by atoms with E-state index >= 15 is 0 Å². The van der Waals surface area contributed by atoms with Gasteiger partial charge in [0, 0.05) is 11.3 Å². The first-order valence-corrected chi connectivity index (χ1v) is 6.45. The minimum absolute atomic E-state index is 0.376. The molecule has 2 aromatic rings. The lowest BCUT2D eigenvalue weighted by Gasteiger charge is -2.05. The zero-order valence-electron chi connectivity index (χ0n) is 12.4. The molecule has 0 saturated carbocycles. The van der Waals surface area contributed by atoms with E-state index in [1.54, 1.807) is 12.1 Å². The van der Waals surface area contributed by atoms with Gasteiger partial charge < -0.3 is 14.5 Å². The Morgan fingerprint density at radius 2 is 1.52 bits per heavy atom. The molecule has 1 N–H and O–H groups in total. The average Bonchev–Trinajstić information content (AvgIpc) is 2.80. The van der Waals surface area contributed by atoms with Gasteiger partial charge in [0.2, 0.25) is 0 Å². The van der Waals surface area contributed by atoms with Crippen molar-refractivity contribution in [1.82, 2.24) is 4.98 Å². The summed E-state index contributed by atoms with van der Waals surface area (Å²) in [5.41, 5.74) is 4.49. The molecule has 1 aromatic carbocycles. The summed E-state index contributed by atoms with van der Waals surface area (Å²) in [6.07, 6.45) is 0. The van der Waals surface area contributed by atoms with Crippen molar-refractivity contribution in [3.8, 4) is 11.1 Å². The molecule has 0 bridgehead atoms. The number of rotatable bonds is 3. The zero-order chi connectivity index (χ0) is 15.6. The van der Waals surface area contributed by atoms with E-state index in [1.165, 1.54) is 14.2 Å². The number of hydrogen-bond acceptors (Lipinski definition) is 4. The highest BCUT2D eigenvalue weighted by molar-refractivity contribution is 5.93. The second-order valence-corrected chi connectivity index (χ2v) is 4.69. The average molecular weight is 287 g/mol. The van der Waals surface area contributed by atoms with Crippen LogP contribution in [0.25, 0.3) is 11.1 Å². The Kier molecular flexibility index (Phi) is 4.12. The molecule has 5 nitrogen and oxygen atoms in total. The normalized spacial score (nSPS) is 10.3. The molecule has 0 amide bonds. The van der Waals surface area contributed by atoms with Gasteiger partial charge >= 0.3 is 11.9 Å². The summed E-state index contributed by atoms with van der Waals surface area (Å²) in [6, 6.07) is 7.06. The zero-order valence-corrected chi connectivity index (χ0v) is 12.4. The van der Waals surface area contributed by atoms with Crippen LogP contribution in [-0.4, -0.2) is 31.1 Å². The monoisotopic (exact) mass is 287 g/mol. The van der Waals surface area contributed by atoms with E-state index in [0.29, 0.717) is 11.3 Å². The maximum absolute atomic E-state index is 11.7. The SMILES string of the molecule is COC(=O)c1ccc(-c2c(C)[nH]c(C(=O)OC)c2C)cc1. The van der Waals surface area contributed by atoms with Gasteiger partial charge in [-0.3, -0.25) is 0 Å². The molecule has 0 aliphatic heterocycles. The largest absolute Gasteiger partial charge is 0.465 e. The second-order valence-electron chi connectivity index (χ2n) is 4.69. The number of methoxy groups -OCH3 is 2. The number of H-pyrrole nitrogens is 1. The number of nitrogens with one attached hydrogen (secondary N) is 1. The number of esters is 2. The number of aromatic nitrogens is 1. The van der Waals surface area contributed by atoms with Crippen molar-refractivity contribution in [2.45, 2.75) is 13.8 Å². The molecular formula is C16H17NO4. The smallest absolute Gasteiger partial charge is 0.354 e. The summed E-state index contributed by atoms with van der Waals surface area (Å²) in [4.78, 5) is 26.2. The predicted octanol–water partition coefficient (Wildman–Crippen LogP) is 2.87. The lowest BCUT2D eigenvalue weighted by atomic mass is 10.00. The molecule has 0 spiro atoms. The molecule has 0 aliphatic carbocycles. The van der Waals surface area contributed by atoms with Crippen molar-refractivity contribution in [2.75, 3.05) is 14.2 Å². The molecule has 2 rings (SSSR count). The summed E-state index contributed by atoms with van der Waals surface area (Å²) in [6.45, 7) is 3.75. The number of carbonyl (C=O) groups is 2. The van der Waals surface area contributed by atoms with Crippen LogP contribution in [0.15, 0.2) is 24.3 Å². The van der Waals surface area contributed by atoms with Gasteiger partial charge in [0.15, 0.2) is 0 Å².